The van der Waals surface area contributed by atoms with Crippen LogP contribution in [0.5, 0.6) is 0 Å². The minimum Gasteiger partial charge on any atom is -0.354 e. The highest BCUT2D eigenvalue weighted by Crippen LogP contribution is 2.36. The van der Waals surface area contributed by atoms with Crippen LogP contribution in [0.4, 0.5) is 0 Å². The fourth-order valence-electron chi connectivity index (χ4n) is 1.48. The smallest absolute Gasteiger partial charge is 0.233 e. The second-order valence-electron chi connectivity index (χ2n) is 3.71. The Morgan fingerprint density at radius 1 is 1.57 bits per heavy atom. The van der Waals surface area contributed by atoms with E-state index in [2.05, 4.69) is 17.6 Å². The number of nitrogens with one attached hydrogen (secondary N) is 2. The van der Waals surface area contributed by atoms with E-state index in [4.69, 9.17) is 0 Å². The summed E-state index contributed by atoms with van der Waals surface area (Å²) in [6.45, 7) is 3.45. The van der Waals surface area contributed by atoms with Crippen LogP contribution in [0, 0.1) is 0 Å². The number of hydrogen-bond acceptors (Lipinski definition) is 3. The molecule has 0 aromatic carbocycles. The molecule has 1 atom stereocenters. The summed E-state index contributed by atoms with van der Waals surface area (Å²) in [6, 6.07) is 0. The van der Waals surface area contributed by atoms with Crippen LogP contribution in [0.1, 0.15) is 19.8 Å². The van der Waals surface area contributed by atoms with E-state index in [-0.39, 0.29) is 23.1 Å². The van der Waals surface area contributed by atoms with Crippen LogP contribution in [0.2, 0.25) is 0 Å². The van der Waals surface area contributed by atoms with E-state index >= 15 is 0 Å². The highest BCUT2D eigenvalue weighted by atomic mass is 35.5. The van der Waals surface area contributed by atoms with Crippen LogP contribution in [0.3, 0.4) is 0 Å². The lowest BCUT2D eigenvalue weighted by molar-refractivity contribution is -0.120. The summed E-state index contributed by atoms with van der Waals surface area (Å²) in [5, 5.41) is 5.78. The highest BCUT2D eigenvalue weighted by molar-refractivity contribution is 8.00. The van der Waals surface area contributed by atoms with Crippen molar-refractivity contribution in [2.24, 2.45) is 0 Å². The largest absolute Gasteiger partial charge is 0.354 e. The van der Waals surface area contributed by atoms with Crippen molar-refractivity contribution < 1.29 is 4.79 Å². The highest BCUT2D eigenvalue weighted by Gasteiger charge is 2.29. The van der Waals surface area contributed by atoms with Gasteiger partial charge in [-0.15, -0.1) is 12.4 Å². The van der Waals surface area contributed by atoms with Crippen LogP contribution in [0.15, 0.2) is 0 Å². The maximum atomic E-state index is 11.2. The van der Waals surface area contributed by atoms with E-state index in [1.54, 1.807) is 7.05 Å². The van der Waals surface area contributed by atoms with Gasteiger partial charge in [-0.1, -0.05) is 0 Å². The van der Waals surface area contributed by atoms with E-state index in [9.17, 15) is 4.79 Å². The van der Waals surface area contributed by atoms with E-state index in [0.29, 0.717) is 6.54 Å². The maximum absolute atomic E-state index is 11.2. The van der Waals surface area contributed by atoms with Crippen molar-refractivity contribution in [3.05, 3.63) is 0 Å². The zero-order valence-electron chi connectivity index (χ0n) is 8.76. The number of thioether (sulfide) groups is 1. The topological polar surface area (TPSA) is 41.1 Å². The van der Waals surface area contributed by atoms with Crippen LogP contribution in [-0.2, 0) is 4.79 Å². The molecule has 1 saturated heterocycles. The number of amides is 1. The first-order chi connectivity index (χ1) is 6.16. The average molecular weight is 239 g/mol. The number of halogens is 1. The Balaban J connectivity index is 0.00000169. The predicted molar refractivity (Wildman–Crippen MR) is 64.3 cm³/mol. The van der Waals surface area contributed by atoms with Gasteiger partial charge in [0.15, 0.2) is 0 Å². The third kappa shape index (κ3) is 4.53. The second kappa shape index (κ2) is 6.53. The normalized spacial score (nSPS) is 25.6. The van der Waals surface area contributed by atoms with Crippen molar-refractivity contribution in [1.82, 2.24) is 10.6 Å². The molecule has 1 amide bonds. The van der Waals surface area contributed by atoms with Crippen molar-refractivity contribution in [3.8, 4) is 0 Å². The Bertz CT molecular complexity index is 184. The molecule has 14 heavy (non-hydrogen) atoms. The van der Waals surface area contributed by atoms with E-state index in [0.717, 1.165) is 6.54 Å². The molecule has 1 rings (SSSR count). The maximum Gasteiger partial charge on any atom is 0.233 e. The molecule has 1 fully saturated rings. The lowest BCUT2D eigenvalue weighted by Crippen LogP contribution is -2.40. The van der Waals surface area contributed by atoms with Crippen molar-refractivity contribution >= 4 is 30.1 Å². The summed E-state index contributed by atoms with van der Waals surface area (Å²) in [5.41, 5.74) is 0. The third-order valence-electron chi connectivity index (χ3n) is 2.30. The number of likely N-dealkylation sites (N-methyl/N-ethyl adjacent to an activating group) is 1. The van der Waals surface area contributed by atoms with Gasteiger partial charge in [0.2, 0.25) is 5.91 Å². The summed E-state index contributed by atoms with van der Waals surface area (Å²) in [4.78, 5) is 11.2. The molecular formula is C9H19ClN2OS. The van der Waals surface area contributed by atoms with Gasteiger partial charge in [0, 0.05) is 11.3 Å². The van der Waals surface area contributed by atoms with Crippen LogP contribution >= 0.6 is 24.2 Å². The molecule has 1 heterocycles. The van der Waals surface area contributed by atoms with E-state index < -0.39 is 0 Å². The number of rotatable bonds is 4. The van der Waals surface area contributed by atoms with Crippen LogP contribution in [0.25, 0.3) is 0 Å². The van der Waals surface area contributed by atoms with Gasteiger partial charge >= 0.3 is 0 Å². The molecule has 0 bridgehead atoms. The lowest BCUT2D eigenvalue weighted by Gasteiger charge is -2.22. The molecule has 0 aliphatic carbocycles. The first-order valence-corrected chi connectivity index (χ1v) is 5.70. The molecular weight excluding hydrogens is 220 g/mol. The minimum absolute atomic E-state index is 0. The Hall–Kier alpha value is 0.0700. The van der Waals surface area contributed by atoms with Gasteiger partial charge in [-0.3, -0.25) is 4.79 Å². The molecule has 3 nitrogen and oxygen atoms in total. The molecule has 0 radical (unpaired) electrons. The quantitative estimate of drug-likeness (QED) is 0.769. The summed E-state index contributed by atoms with van der Waals surface area (Å²) >= 11 is 1.97. The van der Waals surface area contributed by atoms with Gasteiger partial charge in [-0.05, 0) is 32.6 Å². The zero-order valence-corrected chi connectivity index (χ0v) is 10.4. The standard InChI is InChI=1S/C9H18N2OS.ClH/c1-9(4-3-5-13-9)7-11-8(12)6-10-2;/h10H,3-7H2,1-2H3,(H,11,12);1H. The molecule has 5 heteroatoms. The lowest BCUT2D eigenvalue weighted by atomic mass is 10.1. The summed E-state index contributed by atoms with van der Waals surface area (Å²) in [7, 11) is 1.78. The van der Waals surface area contributed by atoms with Gasteiger partial charge in [0.05, 0.1) is 6.54 Å². The zero-order chi connectivity index (χ0) is 9.73. The molecule has 84 valence electrons. The van der Waals surface area contributed by atoms with Crippen molar-refractivity contribution in [2.75, 3.05) is 25.9 Å². The van der Waals surface area contributed by atoms with Gasteiger partial charge in [0.1, 0.15) is 0 Å². The van der Waals surface area contributed by atoms with Crippen molar-refractivity contribution in [2.45, 2.75) is 24.5 Å². The average Bonchev–Trinajstić information content (AvgIpc) is 2.51. The minimum atomic E-state index is 0. The Morgan fingerprint density at radius 2 is 2.29 bits per heavy atom. The fraction of sp³-hybridized carbons (Fsp3) is 0.889. The molecule has 1 unspecified atom stereocenters. The van der Waals surface area contributed by atoms with Crippen LogP contribution in [-0.4, -0.2) is 36.5 Å². The Kier molecular flexibility index (Phi) is 6.57. The first kappa shape index (κ1) is 14.1. The summed E-state index contributed by atoms with van der Waals surface area (Å²) in [6.07, 6.45) is 2.50. The van der Waals surface area contributed by atoms with Crippen molar-refractivity contribution in [3.63, 3.8) is 0 Å². The molecule has 1 aliphatic rings. The predicted octanol–water partition coefficient (Wildman–Crippen LogP) is 1.03. The van der Waals surface area contributed by atoms with Gasteiger partial charge in [-0.25, -0.2) is 0 Å². The van der Waals surface area contributed by atoms with Gasteiger partial charge in [0.25, 0.3) is 0 Å². The number of carbonyl (C=O) groups excluding carboxylic acids is 1. The fourth-order valence-corrected chi connectivity index (χ4v) is 2.73. The second-order valence-corrected chi connectivity index (χ2v) is 5.39. The van der Waals surface area contributed by atoms with Gasteiger partial charge in [-0.2, -0.15) is 11.8 Å². The Labute approximate surface area is 96.2 Å². The van der Waals surface area contributed by atoms with E-state index in [1.807, 2.05) is 11.8 Å². The monoisotopic (exact) mass is 238 g/mol. The van der Waals surface area contributed by atoms with Crippen LogP contribution < -0.4 is 10.6 Å². The van der Waals surface area contributed by atoms with Gasteiger partial charge < -0.3 is 10.6 Å². The number of hydrogen-bond donors (Lipinski definition) is 2. The summed E-state index contributed by atoms with van der Waals surface area (Å²) < 4.78 is 0.281. The molecule has 0 aromatic heterocycles. The van der Waals surface area contributed by atoms with E-state index in [1.165, 1.54) is 18.6 Å². The third-order valence-corrected chi connectivity index (χ3v) is 3.84. The molecule has 2 N–H and O–H groups in total. The SMILES string of the molecule is CNCC(=O)NCC1(C)CCCS1.Cl. The first-order valence-electron chi connectivity index (χ1n) is 4.71. The molecule has 0 aromatic rings. The molecule has 0 spiro atoms. The molecule has 1 aliphatic heterocycles. The van der Waals surface area contributed by atoms with Crippen molar-refractivity contribution in [1.29, 1.82) is 0 Å². The Morgan fingerprint density at radius 3 is 2.79 bits per heavy atom. The number of carbonyl (C=O) groups is 1. The molecule has 0 saturated carbocycles. The summed E-state index contributed by atoms with van der Waals surface area (Å²) in [5.74, 6) is 1.33.